The van der Waals surface area contributed by atoms with Crippen LogP contribution in [0.4, 0.5) is 5.69 Å². The summed E-state index contributed by atoms with van der Waals surface area (Å²) in [6, 6.07) is 16.3. The highest BCUT2D eigenvalue weighted by molar-refractivity contribution is 7.89. The second-order valence-electron chi connectivity index (χ2n) is 7.83. The van der Waals surface area contributed by atoms with Crippen LogP contribution in [0.2, 0.25) is 0 Å². The van der Waals surface area contributed by atoms with Crippen LogP contribution in [-0.4, -0.2) is 31.7 Å². The molecule has 0 aromatic heterocycles. The Hall–Kier alpha value is -2.18. The number of carbonyl (C=O) groups is 1. The maximum atomic E-state index is 12.9. The number of nitrogens with zero attached hydrogens (tertiary/aromatic N) is 1. The molecule has 0 unspecified atom stereocenters. The molecule has 1 aliphatic rings. The van der Waals surface area contributed by atoms with Gasteiger partial charge in [-0.05, 0) is 54.5 Å². The maximum Gasteiger partial charge on any atom is 0.243 e. The van der Waals surface area contributed by atoms with Crippen molar-refractivity contribution in [2.24, 2.45) is 11.8 Å². The van der Waals surface area contributed by atoms with E-state index < -0.39 is 10.0 Å². The molecule has 2 atom stereocenters. The topological polar surface area (TPSA) is 66.5 Å². The van der Waals surface area contributed by atoms with Gasteiger partial charge in [0.25, 0.3) is 0 Å². The SMILES string of the molecule is C[C@@H]1C[C@H](C)CN(S(=O)(=O)c2ccc(NC(=O)CCc3ccccc3)cc2)C1. The third-order valence-corrected chi connectivity index (χ3v) is 6.94. The first-order valence-corrected chi connectivity index (χ1v) is 11.2. The standard InChI is InChI=1S/C22H28N2O3S/c1-17-14-18(2)16-24(15-17)28(26,27)21-11-9-20(10-12-21)23-22(25)13-8-19-6-4-3-5-7-19/h3-7,9-12,17-18H,8,13-16H2,1-2H3,(H,23,25)/t17-,18+. The fraction of sp³-hybridized carbons (Fsp3) is 0.409. The number of sulfonamides is 1. The average molecular weight is 401 g/mol. The van der Waals surface area contributed by atoms with Gasteiger partial charge in [0.2, 0.25) is 15.9 Å². The van der Waals surface area contributed by atoms with Gasteiger partial charge < -0.3 is 5.32 Å². The Morgan fingerprint density at radius 2 is 1.61 bits per heavy atom. The molecule has 0 radical (unpaired) electrons. The van der Waals surface area contributed by atoms with E-state index >= 15 is 0 Å². The van der Waals surface area contributed by atoms with Crippen molar-refractivity contribution in [1.82, 2.24) is 4.31 Å². The minimum Gasteiger partial charge on any atom is -0.326 e. The van der Waals surface area contributed by atoms with Gasteiger partial charge in [-0.2, -0.15) is 4.31 Å². The van der Waals surface area contributed by atoms with Crippen LogP contribution in [0.1, 0.15) is 32.3 Å². The number of aryl methyl sites for hydroxylation is 1. The average Bonchev–Trinajstić information content (AvgIpc) is 2.67. The van der Waals surface area contributed by atoms with E-state index in [1.165, 1.54) is 0 Å². The molecule has 1 heterocycles. The van der Waals surface area contributed by atoms with Gasteiger partial charge in [-0.25, -0.2) is 8.42 Å². The number of rotatable bonds is 6. The van der Waals surface area contributed by atoms with Crippen molar-refractivity contribution in [3.05, 3.63) is 60.2 Å². The fourth-order valence-electron chi connectivity index (χ4n) is 3.79. The Balaban J connectivity index is 1.60. The van der Waals surface area contributed by atoms with E-state index in [1.54, 1.807) is 28.6 Å². The first-order chi connectivity index (χ1) is 13.3. The highest BCUT2D eigenvalue weighted by atomic mass is 32.2. The normalized spacial score (nSPS) is 20.6. The number of carbonyl (C=O) groups excluding carboxylic acids is 1. The van der Waals surface area contributed by atoms with Crippen molar-refractivity contribution < 1.29 is 13.2 Å². The Kier molecular flexibility index (Phi) is 6.52. The first-order valence-electron chi connectivity index (χ1n) is 9.78. The van der Waals surface area contributed by atoms with Crippen LogP contribution in [0.3, 0.4) is 0 Å². The number of benzene rings is 2. The number of piperidine rings is 1. The maximum absolute atomic E-state index is 12.9. The van der Waals surface area contributed by atoms with Gasteiger partial charge in [0.15, 0.2) is 0 Å². The van der Waals surface area contributed by atoms with Crippen LogP contribution in [-0.2, 0) is 21.2 Å². The van der Waals surface area contributed by atoms with E-state index in [0.29, 0.717) is 43.5 Å². The van der Waals surface area contributed by atoms with E-state index in [0.717, 1.165) is 12.0 Å². The monoisotopic (exact) mass is 400 g/mol. The molecule has 3 rings (SSSR count). The van der Waals surface area contributed by atoms with Gasteiger partial charge in [0, 0.05) is 25.2 Å². The molecule has 0 aliphatic carbocycles. The molecule has 2 aromatic carbocycles. The fourth-order valence-corrected chi connectivity index (χ4v) is 5.47. The lowest BCUT2D eigenvalue weighted by molar-refractivity contribution is -0.116. The number of hydrogen-bond acceptors (Lipinski definition) is 3. The van der Waals surface area contributed by atoms with Gasteiger partial charge in [-0.1, -0.05) is 44.2 Å². The van der Waals surface area contributed by atoms with Crippen LogP contribution in [0.15, 0.2) is 59.5 Å². The molecule has 6 heteroatoms. The van der Waals surface area contributed by atoms with Gasteiger partial charge in [-0.3, -0.25) is 4.79 Å². The zero-order chi connectivity index (χ0) is 20.1. The van der Waals surface area contributed by atoms with Gasteiger partial charge in [-0.15, -0.1) is 0 Å². The number of nitrogens with one attached hydrogen (secondary N) is 1. The summed E-state index contributed by atoms with van der Waals surface area (Å²) in [5, 5.41) is 2.84. The molecule has 1 saturated heterocycles. The molecule has 0 spiro atoms. The lowest BCUT2D eigenvalue weighted by atomic mass is 9.94. The molecular weight excluding hydrogens is 372 g/mol. The predicted molar refractivity (Wildman–Crippen MR) is 112 cm³/mol. The summed E-state index contributed by atoms with van der Waals surface area (Å²) in [4.78, 5) is 12.4. The van der Waals surface area contributed by atoms with Crippen molar-refractivity contribution in [2.45, 2.75) is 38.0 Å². The predicted octanol–water partition coefficient (Wildman–Crippen LogP) is 3.92. The minimum atomic E-state index is -3.50. The number of anilines is 1. The summed E-state index contributed by atoms with van der Waals surface area (Å²) in [5.41, 5.74) is 1.72. The van der Waals surface area contributed by atoms with E-state index in [2.05, 4.69) is 19.2 Å². The largest absolute Gasteiger partial charge is 0.326 e. The van der Waals surface area contributed by atoms with Gasteiger partial charge in [0.05, 0.1) is 4.90 Å². The summed E-state index contributed by atoms with van der Waals surface area (Å²) >= 11 is 0. The van der Waals surface area contributed by atoms with Gasteiger partial charge >= 0.3 is 0 Å². The lowest BCUT2D eigenvalue weighted by Crippen LogP contribution is -2.42. The van der Waals surface area contributed by atoms with Crippen molar-refractivity contribution in [3.63, 3.8) is 0 Å². The van der Waals surface area contributed by atoms with Crippen LogP contribution < -0.4 is 5.32 Å². The van der Waals surface area contributed by atoms with Crippen LogP contribution >= 0.6 is 0 Å². The molecule has 1 amide bonds. The molecule has 28 heavy (non-hydrogen) atoms. The summed E-state index contributed by atoms with van der Waals surface area (Å²) in [6.45, 7) is 5.30. The Labute approximate surface area is 167 Å². The van der Waals surface area contributed by atoms with Crippen molar-refractivity contribution >= 4 is 21.6 Å². The van der Waals surface area contributed by atoms with E-state index in [9.17, 15) is 13.2 Å². The molecule has 1 N–H and O–H groups in total. The lowest BCUT2D eigenvalue weighted by Gasteiger charge is -2.34. The summed E-state index contributed by atoms with van der Waals surface area (Å²) in [5.74, 6) is 0.640. The molecule has 0 bridgehead atoms. The summed E-state index contributed by atoms with van der Waals surface area (Å²) in [7, 11) is -3.50. The van der Waals surface area contributed by atoms with E-state index in [1.807, 2.05) is 30.3 Å². The van der Waals surface area contributed by atoms with Crippen LogP contribution in [0, 0.1) is 11.8 Å². The molecular formula is C22H28N2O3S. The molecule has 5 nitrogen and oxygen atoms in total. The molecule has 2 aromatic rings. The third-order valence-electron chi connectivity index (χ3n) is 5.09. The first kappa shape index (κ1) is 20.6. The molecule has 0 saturated carbocycles. The zero-order valence-corrected chi connectivity index (χ0v) is 17.3. The quantitative estimate of drug-likeness (QED) is 0.799. The van der Waals surface area contributed by atoms with Crippen molar-refractivity contribution in [2.75, 3.05) is 18.4 Å². The second kappa shape index (κ2) is 8.88. The smallest absolute Gasteiger partial charge is 0.243 e. The van der Waals surface area contributed by atoms with Crippen LogP contribution in [0.25, 0.3) is 0 Å². The molecule has 1 aliphatic heterocycles. The molecule has 150 valence electrons. The second-order valence-corrected chi connectivity index (χ2v) is 9.76. The molecule has 1 fully saturated rings. The van der Waals surface area contributed by atoms with Crippen molar-refractivity contribution in [1.29, 1.82) is 0 Å². The van der Waals surface area contributed by atoms with E-state index in [-0.39, 0.29) is 10.8 Å². The minimum absolute atomic E-state index is 0.0851. The number of amides is 1. The Morgan fingerprint density at radius 1 is 1.00 bits per heavy atom. The Bertz CT molecular complexity index is 885. The van der Waals surface area contributed by atoms with Gasteiger partial charge in [0.1, 0.15) is 0 Å². The number of hydrogen-bond donors (Lipinski definition) is 1. The highest BCUT2D eigenvalue weighted by Gasteiger charge is 2.31. The van der Waals surface area contributed by atoms with Crippen LogP contribution in [0.5, 0.6) is 0 Å². The summed E-state index contributed by atoms with van der Waals surface area (Å²) in [6.07, 6.45) is 2.11. The van der Waals surface area contributed by atoms with E-state index in [4.69, 9.17) is 0 Å². The van der Waals surface area contributed by atoms with Crippen molar-refractivity contribution in [3.8, 4) is 0 Å². The Morgan fingerprint density at radius 3 is 2.21 bits per heavy atom. The zero-order valence-electron chi connectivity index (χ0n) is 16.5. The highest BCUT2D eigenvalue weighted by Crippen LogP contribution is 2.27. The summed E-state index contributed by atoms with van der Waals surface area (Å²) < 4.78 is 27.4. The third kappa shape index (κ3) is 5.20.